The van der Waals surface area contributed by atoms with Gasteiger partial charge < -0.3 is 18.8 Å². The molecule has 0 aliphatic carbocycles. The van der Waals surface area contributed by atoms with Crippen LogP contribution >= 0.6 is 0 Å². The summed E-state index contributed by atoms with van der Waals surface area (Å²) in [6.07, 6.45) is 1.62. The van der Waals surface area contributed by atoms with E-state index >= 15 is 0 Å². The minimum absolute atomic E-state index is 0.0961. The Labute approximate surface area is 185 Å². The Kier molecular flexibility index (Phi) is 5.94. The first-order valence-electron chi connectivity index (χ1n) is 10.1. The molecule has 6 heteroatoms. The molecule has 0 saturated heterocycles. The first-order valence-corrected chi connectivity index (χ1v) is 10.1. The van der Waals surface area contributed by atoms with Gasteiger partial charge in [0.05, 0.1) is 37.8 Å². The predicted molar refractivity (Wildman–Crippen MR) is 123 cm³/mol. The van der Waals surface area contributed by atoms with Gasteiger partial charge in [0.15, 0.2) is 17.3 Å². The van der Waals surface area contributed by atoms with Crippen LogP contribution in [0.4, 0.5) is 0 Å². The van der Waals surface area contributed by atoms with Crippen LogP contribution in [-0.2, 0) is 6.54 Å². The summed E-state index contributed by atoms with van der Waals surface area (Å²) in [5.41, 5.74) is 1.80. The van der Waals surface area contributed by atoms with Crippen molar-refractivity contribution in [2.75, 3.05) is 21.3 Å². The molecule has 0 unspecified atom stereocenters. The molecule has 0 bridgehead atoms. The third kappa shape index (κ3) is 3.95. The second-order valence-corrected chi connectivity index (χ2v) is 7.27. The molecular weight excluding hydrogens is 406 g/mol. The minimum Gasteiger partial charge on any atom is -0.497 e. The van der Waals surface area contributed by atoms with Gasteiger partial charge in [0.2, 0.25) is 5.43 Å². The lowest BCUT2D eigenvalue weighted by molar-refractivity contribution is 0.103. The SMILES string of the molecule is COc1cccc(Cn2cc(C(=O)c3ccccc3)c(=O)c3cc(OC)c(OC)cc32)c1. The number of hydrogen-bond acceptors (Lipinski definition) is 5. The lowest BCUT2D eigenvalue weighted by Crippen LogP contribution is -2.20. The highest BCUT2D eigenvalue weighted by Crippen LogP contribution is 2.31. The molecule has 0 radical (unpaired) electrons. The minimum atomic E-state index is -0.350. The van der Waals surface area contributed by atoms with Crippen molar-refractivity contribution < 1.29 is 19.0 Å². The molecule has 0 atom stereocenters. The largest absolute Gasteiger partial charge is 0.497 e. The number of carbonyl (C=O) groups excluding carboxylic acids is 1. The zero-order valence-electron chi connectivity index (χ0n) is 18.1. The molecule has 0 saturated carbocycles. The number of ketones is 1. The third-order valence-electron chi connectivity index (χ3n) is 5.35. The number of carbonyl (C=O) groups is 1. The fraction of sp³-hybridized carbons (Fsp3) is 0.154. The number of hydrogen-bond donors (Lipinski definition) is 0. The molecule has 4 aromatic rings. The second kappa shape index (κ2) is 8.98. The van der Waals surface area contributed by atoms with Gasteiger partial charge in [-0.15, -0.1) is 0 Å². The Morgan fingerprint density at radius 1 is 0.844 bits per heavy atom. The number of pyridine rings is 1. The van der Waals surface area contributed by atoms with Gasteiger partial charge in [0.1, 0.15) is 5.75 Å². The van der Waals surface area contributed by atoms with Crippen molar-refractivity contribution in [3.8, 4) is 17.2 Å². The molecule has 0 fully saturated rings. The summed E-state index contributed by atoms with van der Waals surface area (Å²) in [7, 11) is 4.67. The Morgan fingerprint density at radius 2 is 1.56 bits per heavy atom. The lowest BCUT2D eigenvalue weighted by atomic mass is 10.0. The standard InChI is InChI=1S/C26H23NO5/c1-30-19-11-7-8-17(12-19)15-27-16-21(25(28)18-9-5-4-6-10-18)26(29)20-13-23(31-2)24(32-3)14-22(20)27/h4-14,16H,15H2,1-3H3. The Hall–Kier alpha value is -4.06. The van der Waals surface area contributed by atoms with Crippen LogP contribution in [0.5, 0.6) is 17.2 Å². The molecule has 162 valence electrons. The van der Waals surface area contributed by atoms with Crippen LogP contribution in [0.2, 0.25) is 0 Å². The van der Waals surface area contributed by atoms with E-state index in [-0.39, 0.29) is 16.8 Å². The average molecular weight is 429 g/mol. The number of nitrogens with zero attached hydrogens (tertiary/aromatic N) is 1. The van der Waals surface area contributed by atoms with E-state index in [1.54, 1.807) is 56.8 Å². The van der Waals surface area contributed by atoms with Gasteiger partial charge in [-0.1, -0.05) is 42.5 Å². The normalized spacial score (nSPS) is 10.7. The monoisotopic (exact) mass is 429 g/mol. The first kappa shape index (κ1) is 21.2. The van der Waals surface area contributed by atoms with E-state index in [0.29, 0.717) is 34.5 Å². The smallest absolute Gasteiger partial charge is 0.200 e. The number of rotatable bonds is 7. The predicted octanol–water partition coefficient (Wildman–Crippen LogP) is 4.31. The van der Waals surface area contributed by atoms with E-state index in [2.05, 4.69) is 0 Å². The van der Waals surface area contributed by atoms with Crippen LogP contribution in [0.1, 0.15) is 21.5 Å². The molecule has 0 spiro atoms. The van der Waals surface area contributed by atoms with Crippen LogP contribution < -0.4 is 19.6 Å². The Morgan fingerprint density at radius 3 is 2.25 bits per heavy atom. The summed E-state index contributed by atoms with van der Waals surface area (Å²) in [5.74, 6) is 1.33. The summed E-state index contributed by atoms with van der Waals surface area (Å²) in [4.78, 5) is 26.6. The molecule has 0 N–H and O–H groups in total. The van der Waals surface area contributed by atoms with Gasteiger partial charge in [-0.2, -0.15) is 0 Å². The summed E-state index contributed by atoms with van der Waals surface area (Å²) in [5, 5.41) is 0.382. The van der Waals surface area contributed by atoms with E-state index in [1.165, 1.54) is 7.11 Å². The highest BCUT2D eigenvalue weighted by molar-refractivity contribution is 6.10. The van der Waals surface area contributed by atoms with Crippen LogP contribution in [0.15, 0.2) is 77.7 Å². The van der Waals surface area contributed by atoms with Crippen LogP contribution in [0, 0.1) is 0 Å². The van der Waals surface area contributed by atoms with Crippen molar-refractivity contribution in [1.82, 2.24) is 4.57 Å². The molecule has 0 aliphatic rings. The maximum Gasteiger partial charge on any atom is 0.200 e. The molecule has 0 amide bonds. The van der Waals surface area contributed by atoms with Crippen molar-refractivity contribution in [1.29, 1.82) is 0 Å². The molecular formula is C26H23NO5. The number of benzene rings is 3. The number of ether oxygens (including phenoxy) is 3. The fourth-order valence-corrected chi connectivity index (χ4v) is 3.72. The molecule has 1 aromatic heterocycles. The third-order valence-corrected chi connectivity index (χ3v) is 5.35. The van der Waals surface area contributed by atoms with E-state index in [0.717, 1.165) is 11.3 Å². The molecule has 32 heavy (non-hydrogen) atoms. The van der Waals surface area contributed by atoms with E-state index in [4.69, 9.17) is 14.2 Å². The van der Waals surface area contributed by atoms with Crippen molar-refractivity contribution >= 4 is 16.7 Å². The fourth-order valence-electron chi connectivity index (χ4n) is 3.72. The molecule has 0 aliphatic heterocycles. The van der Waals surface area contributed by atoms with Gasteiger partial charge in [-0.25, -0.2) is 0 Å². The summed E-state index contributed by atoms with van der Waals surface area (Å²) in [6.45, 7) is 0.429. The van der Waals surface area contributed by atoms with Crippen LogP contribution in [0.25, 0.3) is 10.9 Å². The maximum atomic E-state index is 13.4. The van der Waals surface area contributed by atoms with Crippen molar-refractivity contribution in [3.63, 3.8) is 0 Å². The quantitative estimate of drug-likeness (QED) is 0.410. The van der Waals surface area contributed by atoms with Gasteiger partial charge in [0, 0.05) is 24.4 Å². The number of fused-ring (bicyclic) bond motifs is 1. The zero-order valence-corrected chi connectivity index (χ0v) is 18.1. The van der Waals surface area contributed by atoms with Crippen LogP contribution in [-0.4, -0.2) is 31.7 Å². The Balaban J connectivity index is 1.96. The number of aromatic nitrogens is 1. The van der Waals surface area contributed by atoms with Crippen molar-refractivity contribution in [2.24, 2.45) is 0 Å². The van der Waals surface area contributed by atoms with E-state index in [1.807, 2.05) is 34.9 Å². The molecule has 3 aromatic carbocycles. The van der Waals surface area contributed by atoms with E-state index in [9.17, 15) is 9.59 Å². The Bertz CT molecular complexity index is 1340. The highest BCUT2D eigenvalue weighted by atomic mass is 16.5. The lowest BCUT2D eigenvalue weighted by Gasteiger charge is -2.16. The average Bonchev–Trinajstić information content (AvgIpc) is 2.85. The summed E-state index contributed by atoms with van der Waals surface area (Å²) < 4.78 is 18.1. The van der Waals surface area contributed by atoms with Crippen molar-refractivity contribution in [3.05, 3.63) is 99.8 Å². The van der Waals surface area contributed by atoms with Gasteiger partial charge in [-0.3, -0.25) is 9.59 Å². The summed E-state index contributed by atoms with van der Waals surface area (Å²) in [6, 6.07) is 19.8. The number of methoxy groups -OCH3 is 3. The van der Waals surface area contributed by atoms with Crippen molar-refractivity contribution in [2.45, 2.75) is 6.54 Å². The molecule has 4 rings (SSSR count). The second-order valence-electron chi connectivity index (χ2n) is 7.27. The van der Waals surface area contributed by atoms with Gasteiger partial charge >= 0.3 is 0 Å². The topological polar surface area (TPSA) is 66.8 Å². The van der Waals surface area contributed by atoms with Crippen LogP contribution in [0.3, 0.4) is 0 Å². The first-order chi connectivity index (χ1) is 15.5. The zero-order chi connectivity index (χ0) is 22.7. The van der Waals surface area contributed by atoms with Gasteiger partial charge in [0.25, 0.3) is 0 Å². The maximum absolute atomic E-state index is 13.4. The van der Waals surface area contributed by atoms with E-state index < -0.39 is 0 Å². The molecule has 1 heterocycles. The van der Waals surface area contributed by atoms with Gasteiger partial charge in [-0.05, 0) is 23.8 Å². The molecule has 6 nitrogen and oxygen atoms in total. The highest BCUT2D eigenvalue weighted by Gasteiger charge is 2.19. The summed E-state index contributed by atoms with van der Waals surface area (Å²) >= 11 is 0.